The van der Waals surface area contributed by atoms with E-state index in [4.69, 9.17) is 4.74 Å². The number of ether oxygens (including phenoxy) is 1. The molecule has 0 saturated heterocycles. The third-order valence-corrected chi connectivity index (χ3v) is 2.65. The second kappa shape index (κ2) is 6.59. The minimum Gasteiger partial charge on any atom is -0.383 e. The molecule has 0 spiro atoms. The van der Waals surface area contributed by atoms with Crippen molar-refractivity contribution in [3.63, 3.8) is 0 Å². The Balaban J connectivity index is 2.50. The van der Waals surface area contributed by atoms with Crippen LogP contribution in [0, 0.1) is 0 Å². The second-order valence-electron chi connectivity index (χ2n) is 3.86. The molecule has 0 amide bonds. The van der Waals surface area contributed by atoms with Crippen LogP contribution in [0.15, 0.2) is 30.3 Å². The molecule has 0 aliphatic carbocycles. The zero-order valence-corrected chi connectivity index (χ0v) is 9.86. The third-order valence-electron chi connectivity index (χ3n) is 2.65. The molecular weight excluding hydrogens is 186 g/mol. The fourth-order valence-corrected chi connectivity index (χ4v) is 1.68. The van der Waals surface area contributed by atoms with Gasteiger partial charge in [-0.25, -0.2) is 0 Å². The van der Waals surface area contributed by atoms with Gasteiger partial charge in [-0.05, 0) is 18.9 Å². The van der Waals surface area contributed by atoms with Crippen molar-refractivity contribution < 1.29 is 4.74 Å². The topological polar surface area (TPSA) is 21.3 Å². The van der Waals surface area contributed by atoms with Crippen LogP contribution in [0.2, 0.25) is 0 Å². The van der Waals surface area contributed by atoms with Gasteiger partial charge in [-0.3, -0.25) is 0 Å². The predicted octanol–water partition coefficient (Wildman–Crippen LogP) is 2.76. The number of hydrogen-bond donors (Lipinski definition) is 1. The molecule has 2 atom stereocenters. The van der Waals surface area contributed by atoms with Gasteiger partial charge in [-0.2, -0.15) is 0 Å². The largest absolute Gasteiger partial charge is 0.383 e. The van der Waals surface area contributed by atoms with Gasteiger partial charge in [0.2, 0.25) is 0 Å². The lowest BCUT2D eigenvalue weighted by molar-refractivity contribution is 0.159. The van der Waals surface area contributed by atoms with Crippen molar-refractivity contribution in [2.75, 3.05) is 13.7 Å². The van der Waals surface area contributed by atoms with Crippen molar-refractivity contribution in [2.45, 2.75) is 32.4 Å². The normalized spacial score (nSPS) is 14.9. The van der Waals surface area contributed by atoms with Crippen molar-refractivity contribution in [2.24, 2.45) is 0 Å². The summed E-state index contributed by atoms with van der Waals surface area (Å²) in [5, 5.41) is 3.56. The van der Waals surface area contributed by atoms with E-state index >= 15 is 0 Å². The van der Waals surface area contributed by atoms with Crippen LogP contribution in [0.5, 0.6) is 0 Å². The maximum absolute atomic E-state index is 5.17. The molecular formula is C13H21NO. The van der Waals surface area contributed by atoms with Gasteiger partial charge in [0.15, 0.2) is 0 Å². The first-order valence-electron chi connectivity index (χ1n) is 5.57. The summed E-state index contributed by atoms with van der Waals surface area (Å²) in [5.74, 6) is 0. The standard InChI is InChI=1S/C13H21NO/c1-4-13(10-15-3)14-11(2)12-8-6-5-7-9-12/h5-9,11,13-14H,4,10H2,1-3H3/t11-,13-/m0/s1. The molecule has 1 aromatic rings. The van der Waals surface area contributed by atoms with E-state index in [2.05, 4.69) is 43.4 Å². The molecule has 0 unspecified atom stereocenters. The first-order valence-corrected chi connectivity index (χ1v) is 5.57. The Morgan fingerprint density at radius 2 is 1.93 bits per heavy atom. The van der Waals surface area contributed by atoms with Gasteiger partial charge in [0.1, 0.15) is 0 Å². The highest BCUT2D eigenvalue weighted by Crippen LogP contribution is 2.12. The maximum atomic E-state index is 5.17. The van der Waals surface area contributed by atoms with Gasteiger partial charge < -0.3 is 10.1 Å². The van der Waals surface area contributed by atoms with E-state index in [9.17, 15) is 0 Å². The first kappa shape index (κ1) is 12.2. The van der Waals surface area contributed by atoms with E-state index < -0.39 is 0 Å². The Hall–Kier alpha value is -0.860. The van der Waals surface area contributed by atoms with Gasteiger partial charge in [0, 0.05) is 19.2 Å². The average molecular weight is 207 g/mol. The molecule has 0 fully saturated rings. The molecule has 0 radical (unpaired) electrons. The quantitative estimate of drug-likeness (QED) is 0.774. The molecule has 0 heterocycles. The lowest BCUT2D eigenvalue weighted by Gasteiger charge is -2.21. The predicted molar refractivity (Wildman–Crippen MR) is 63.9 cm³/mol. The molecule has 0 saturated carbocycles. The van der Waals surface area contributed by atoms with Crippen LogP contribution in [-0.2, 0) is 4.74 Å². The maximum Gasteiger partial charge on any atom is 0.0615 e. The monoisotopic (exact) mass is 207 g/mol. The van der Waals surface area contributed by atoms with Crippen LogP contribution < -0.4 is 5.32 Å². The lowest BCUT2D eigenvalue weighted by atomic mass is 10.1. The zero-order valence-electron chi connectivity index (χ0n) is 9.86. The highest BCUT2D eigenvalue weighted by molar-refractivity contribution is 5.18. The Bertz CT molecular complexity index is 260. The summed E-state index contributed by atoms with van der Waals surface area (Å²) in [7, 11) is 1.75. The molecule has 2 heteroatoms. The van der Waals surface area contributed by atoms with Gasteiger partial charge >= 0.3 is 0 Å². The fourth-order valence-electron chi connectivity index (χ4n) is 1.68. The van der Waals surface area contributed by atoms with Crippen LogP contribution in [0.1, 0.15) is 31.9 Å². The SMILES string of the molecule is CC[C@@H](COC)N[C@@H](C)c1ccccc1. The highest BCUT2D eigenvalue weighted by atomic mass is 16.5. The highest BCUT2D eigenvalue weighted by Gasteiger charge is 2.10. The number of rotatable bonds is 6. The Morgan fingerprint density at radius 3 is 2.47 bits per heavy atom. The van der Waals surface area contributed by atoms with E-state index in [1.807, 2.05) is 6.07 Å². The Labute approximate surface area is 92.6 Å². The number of nitrogens with one attached hydrogen (secondary N) is 1. The molecule has 0 aromatic heterocycles. The number of benzene rings is 1. The smallest absolute Gasteiger partial charge is 0.0615 e. The summed E-state index contributed by atoms with van der Waals surface area (Å²) in [6.45, 7) is 5.13. The Kier molecular flexibility index (Phi) is 5.37. The summed E-state index contributed by atoms with van der Waals surface area (Å²) in [5.41, 5.74) is 1.33. The fraction of sp³-hybridized carbons (Fsp3) is 0.538. The van der Waals surface area contributed by atoms with Gasteiger partial charge in [0.25, 0.3) is 0 Å². The van der Waals surface area contributed by atoms with Gasteiger partial charge in [-0.15, -0.1) is 0 Å². The summed E-state index contributed by atoms with van der Waals surface area (Å²) >= 11 is 0. The second-order valence-corrected chi connectivity index (χ2v) is 3.86. The van der Waals surface area contributed by atoms with Crippen LogP contribution in [-0.4, -0.2) is 19.8 Å². The van der Waals surface area contributed by atoms with E-state index in [0.717, 1.165) is 13.0 Å². The van der Waals surface area contributed by atoms with Crippen molar-refractivity contribution in [1.82, 2.24) is 5.32 Å². The zero-order chi connectivity index (χ0) is 11.1. The molecule has 84 valence electrons. The minimum atomic E-state index is 0.381. The van der Waals surface area contributed by atoms with E-state index in [1.54, 1.807) is 7.11 Å². The van der Waals surface area contributed by atoms with E-state index in [-0.39, 0.29) is 0 Å². The average Bonchev–Trinajstić information content (AvgIpc) is 2.29. The van der Waals surface area contributed by atoms with Gasteiger partial charge in [-0.1, -0.05) is 37.3 Å². The number of hydrogen-bond acceptors (Lipinski definition) is 2. The summed E-state index contributed by atoms with van der Waals surface area (Å²) in [6.07, 6.45) is 1.09. The molecule has 1 N–H and O–H groups in total. The summed E-state index contributed by atoms with van der Waals surface area (Å²) < 4.78 is 5.17. The van der Waals surface area contributed by atoms with Crippen molar-refractivity contribution in [3.8, 4) is 0 Å². The number of methoxy groups -OCH3 is 1. The van der Waals surface area contributed by atoms with Crippen LogP contribution >= 0.6 is 0 Å². The molecule has 2 nitrogen and oxygen atoms in total. The summed E-state index contributed by atoms with van der Waals surface area (Å²) in [6, 6.07) is 11.3. The van der Waals surface area contributed by atoms with Crippen LogP contribution in [0.25, 0.3) is 0 Å². The molecule has 0 bridgehead atoms. The molecule has 1 aromatic carbocycles. The minimum absolute atomic E-state index is 0.381. The molecule has 0 aliphatic heterocycles. The van der Waals surface area contributed by atoms with Crippen LogP contribution in [0.3, 0.4) is 0 Å². The first-order chi connectivity index (χ1) is 7.27. The van der Waals surface area contributed by atoms with Crippen LogP contribution in [0.4, 0.5) is 0 Å². The van der Waals surface area contributed by atoms with Crippen molar-refractivity contribution in [1.29, 1.82) is 0 Å². The molecule has 15 heavy (non-hydrogen) atoms. The summed E-state index contributed by atoms with van der Waals surface area (Å²) in [4.78, 5) is 0. The molecule has 1 rings (SSSR count). The van der Waals surface area contributed by atoms with Gasteiger partial charge in [0.05, 0.1) is 6.61 Å². The third kappa shape index (κ3) is 4.02. The van der Waals surface area contributed by atoms with E-state index in [1.165, 1.54) is 5.56 Å². The van der Waals surface area contributed by atoms with Crippen molar-refractivity contribution in [3.05, 3.63) is 35.9 Å². The Morgan fingerprint density at radius 1 is 1.27 bits per heavy atom. The van der Waals surface area contributed by atoms with Crippen molar-refractivity contribution >= 4 is 0 Å². The molecule has 0 aliphatic rings. The van der Waals surface area contributed by atoms with E-state index in [0.29, 0.717) is 12.1 Å². The lowest BCUT2D eigenvalue weighted by Crippen LogP contribution is -2.34.